The minimum absolute atomic E-state index is 0.0623. The topological polar surface area (TPSA) is 58.9 Å². The Bertz CT molecular complexity index is 1130. The normalized spacial score (nSPS) is 12.2. The van der Waals surface area contributed by atoms with Crippen molar-refractivity contribution in [1.82, 2.24) is 0 Å². The number of aliphatic hydroxyl groups is 2. The van der Waals surface area contributed by atoms with Crippen molar-refractivity contribution in [3.05, 3.63) is 72.8 Å². The SMILES string of the molecule is CC(O)COc1ccc2ccccc2c1-c1c(OCCO)ccc2ccccc12. The molecule has 0 aliphatic heterocycles. The molecule has 0 fully saturated rings. The van der Waals surface area contributed by atoms with Crippen LogP contribution in [-0.2, 0) is 0 Å². The van der Waals surface area contributed by atoms with Gasteiger partial charge in [0.25, 0.3) is 0 Å². The Balaban J connectivity index is 2.04. The predicted molar refractivity (Wildman–Crippen MR) is 117 cm³/mol. The van der Waals surface area contributed by atoms with Gasteiger partial charge in [-0.1, -0.05) is 60.7 Å². The first-order chi connectivity index (χ1) is 14.2. The fraction of sp³-hybridized carbons (Fsp3) is 0.200. The van der Waals surface area contributed by atoms with E-state index in [9.17, 15) is 10.2 Å². The number of hydrogen-bond donors (Lipinski definition) is 2. The summed E-state index contributed by atoms with van der Waals surface area (Å²) in [4.78, 5) is 0. The van der Waals surface area contributed by atoms with Crippen LogP contribution < -0.4 is 9.47 Å². The monoisotopic (exact) mass is 388 g/mol. The zero-order chi connectivity index (χ0) is 20.2. The summed E-state index contributed by atoms with van der Waals surface area (Å²) < 4.78 is 11.9. The van der Waals surface area contributed by atoms with Gasteiger partial charge < -0.3 is 19.7 Å². The summed E-state index contributed by atoms with van der Waals surface area (Å²) in [5.41, 5.74) is 1.85. The highest BCUT2D eigenvalue weighted by Gasteiger charge is 2.19. The molecule has 0 saturated heterocycles. The Morgan fingerprint density at radius 1 is 0.724 bits per heavy atom. The molecule has 29 heavy (non-hydrogen) atoms. The lowest BCUT2D eigenvalue weighted by atomic mass is 9.92. The molecule has 4 aromatic rings. The number of ether oxygens (including phenoxy) is 2. The second kappa shape index (κ2) is 8.52. The number of fused-ring (bicyclic) bond motifs is 2. The Kier molecular flexibility index (Phi) is 5.65. The largest absolute Gasteiger partial charge is 0.491 e. The standard InChI is InChI=1S/C25H24O4/c1-17(27)16-29-23-13-11-19-7-3-5-9-21(19)25(23)24-20-8-4-2-6-18(20)10-12-22(24)28-15-14-26/h2-13,17,26-27H,14-16H2,1H3. The van der Waals surface area contributed by atoms with Gasteiger partial charge in [0.05, 0.1) is 12.7 Å². The van der Waals surface area contributed by atoms with E-state index in [0.29, 0.717) is 11.5 Å². The summed E-state index contributed by atoms with van der Waals surface area (Å²) in [5.74, 6) is 1.38. The van der Waals surface area contributed by atoms with Crippen LogP contribution in [0.4, 0.5) is 0 Å². The van der Waals surface area contributed by atoms with Crippen LogP contribution in [0.3, 0.4) is 0 Å². The van der Waals surface area contributed by atoms with E-state index < -0.39 is 6.10 Å². The Hall–Kier alpha value is -3.08. The molecule has 0 heterocycles. The van der Waals surface area contributed by atoms with E-state index in [1.165, 1.54) is 0 Å². The van der Waals surface area contributed by atoms with Gasteiger partial charge in [-0.2, -0.15) is 0 Å². The van der Waals surface area contributed by atoms with Crippen LogP contribution in [0.25, 0.3) is 32.7 Å². The van der Waals surface area contributed by atoms with Gasteiger partial charge in [0, 0.05) is 11.1 Å². The predicted octanol–water partition coefficient (Wildman–Crippen LogP) is 4.79. The van der Waals surface area contributed by atoms with Crippen molar-refractivity contribution in [2.75, 3.05) is 19.8 Å². The number of rotatable bonds is 7. The molecular weight excluding hydrogens is 364 g/mol. The van der Waals surface area contributed by atoms with Crippen LogP contribution >= 0.6 is 0 Å². The minimum atomic E-state index is -0.577. The van der Waals surface area contributed by atoms with Crippen molar-refractivity contribution in [2.24, 2.45) is 0 Å². The third-order valence-corrected chi connectivity index (χ3v) is 4.86. The smallest absolute Gasteiger partial charge is 0.128 e. The molecular formula is C25H24O4. The van der Waals surface area contributed by atoms with Gasteiger partial charge in [-0.3, -0.25) is 0 Å². The van der Waals surface area contributed by atoms with Gasteiger partial charge in [-0.15, -0.1) is 0 Å². The molecule has 2 N–H and O–H groups in total. The maximum absolute atomic E-state index is 9.75. The van der Waals surface area contributed by atoms with Crippen LogP contribution in [-0.4, -0.2) is 36.1 Å². The summed E-state index contributed by atoms with van der Waals surface area (Å²) in [6.07, 6.45) is -0.577. The van der Waals surface area contributed by atoms with Crippen LogP contribution in [0.15, 0.2) is 72.8 Å². The molecule has 0 aromatic heterocycles. The Morgan fingerprint density at radius 2 is 1.24 bits per heavy atom. The van der Waals surface area contributed by atoms with Crippen molar-refractivity contribution >= 4 is 21.5 Å². The lowest BCUT2D eigenvalue weighted by Crippen LogP contribution is -2.13. The molecule has 0 amide bonds. The average Bonchev–Trinajstić information content (AvgIpc) is 2.75. The lowest BCUT2D eigenvalue weighted by molar-refractivity contribution is 0.123. The highest BCUT2D eigenvalue weighted by molar-refractivity contribution is 6.09. The van der Waals surface area contributed by atoms with E-state index in [4.69, 9.17) is 9.47 Å². The maximum Gasteiger partial charge on any atom is 0.128 e. The van der Waals surface area contributed by atoms with E-state index in [1.54, 1.807) is 6.92 Å². The van der Waals surface area contributed by atoms with Crippen LogP contribution in [0.2, 0.25) is 0 Å². The third-order valence-electron chi connectivity index (χ3n) is 4.86. The summed E-state index contributed by atoms with van der Waals surface area (Å²) >= 11 is 0. The summed E-state index contributed by atoms with van der Waals surface area (Å²) in [5, 5.41) is 23.3. The van der Waals surface area contributed by atoms with Crippen LogP contribution in [0, 0.1) is 0 Å². The molecule has 148 valence electrons. The molecule has 0 aliphatic carbocycles. The lowest BCUT2D eigenvalue weighted by Gasteiger charge is -2.20. The van der Waals surface area contributed by atoms with Crippen molar-refractivity contribution in [3.8, 4) is 22.6 Å². The summed E-state index contributed by atoms with van der Waals surface area (Å²) in [6.45, 7) is 2.05. The van der Waals surface area contributed by atoms with Gasteiger partial charge in [-0.25, -0.2) is 0 Å². The zero-order valence-corrected chi connectivity index (χ0v) is 16.3. The summed E-state index contributed by atoms with van der Waals surface area (Å²) in [6, 6.07) is 24.2. The minimum Gasteiger partial charge on any atom is -0.491 e. The number of hydrogen-bond acceptors (Lipinski definition) is 4. The van der Waals surface area contributed by atoms with Crippen molar-refractivity contribution in [1.29, 1.82) is 0 Å². The van der Waals surface area contributed by atoms with Crippen LogP contribution in [0.1, 0.15) is 6.92 Å². The van der Waals surface area contributed by atoms with E-state index in [1.807, 2.05) is 48.5 Å². The Morgan fingerprint density at radius 3 is 1.76 bits per heavy atom. The Labute approximate surface area is 169 Å². The van der Waals surface area contributed by atoms with Crippen molar-refractivity contribution < 1.29 is 19.7 Å². The first kappa shape index (κ1) is 19.2. The second-order valence-electron chi connectivity index (χ2n) is 7.05. The molecule has 0 bridgehead atoms. The molecule has 0 aliphatic rings. The van der Waals surface area contributed by atoms with Gasteiger partial charge in [0.15, 0.2) is 0 Å². The molecule has 4 heteroatoms. The quantitative estimate of drug-likeness (QED) is 0.478. The summed E-state index contributed by atoms with van der Waals surface area (Å²) in [7, 11) is 0. The van der Waals surface area contributed by atoms with Crippen molar-refractivity contribution in [2.45, 2.75) is 13.0 Å². The fourth-order valence-electron chi connectivity index (χ4n) is 3.63. The molecule has 0 saturated carbocycles. The zero-order valence-electron chi connectivity index (χ0n) is 16.3. The molecule has 0 radical (unpaired) electrons. The van der Waals surface area contributed by atoms with Crippen molar-refractivity contribution in [3.63, 3.8) is 0 Å². The molecule has 4 rings (SSSR count). The highest BCUT2D eigenvalue weighted by atomic mass is 16.5. The first-order valence-electron chi connectivity index (χ1n) is 9.77. The molecule has 1 unspecified atom stereocenters. The van der Waals surface area contributed by atoms with E-state index in [2.05, 4.69) is 24.3 Å². The van der Waals surface area contributed by atoms with Crippen LogP contribution in [0.5, 0.6) is 11.5 Å². The van der Waals surface area contributed by atoms with Gasteiger partial charge >= 0.3 is 0 Å². The van der Waals surface area contributed by atoms with Gasteiger partial charge in [-0.05, 0) is 40.6 Å². The van der Waals surface area contributed by atoms with Gasteiger partial charge in [0.1, 0.15) is 24.7 Å². The molecule has 0 spiro atoms. The fourth-order valence-corrected chi connectivity index (χ4v) is 3.63. The second-order valence-corrected chi connectivity index (χ2v) is 7.05. The first-order valence-corrected chi connectivity index (χ1v) is 9.77. The van der Waals surface area contributed by atoms with E-state index in [-0.39, 0.29) is 19.8 Å². The maximum atomic E-state index is 9.75. The molecule has 1 atom stereocenters. The third kappa shape index (κ3) is 3.90. The number of benzene rings is 4. The average molecular weight is 388 g/mol. The highest BCUT2D eigenvalue weighted by Crippen LogP contribution is 2.45. The molecule has 4 nitrogen and oxygen atoms in total. The van der Waals surface area contributed by atoms with E-state index >= 15 is 0 Å². The van der Waals surface area contributed by atoms with E-state index in [0.717, 1.165) is 32.7 Å². The number of aliphatic hydroxyl groups excluding tert-OH is 2. The van der Waals surface area contributed by atoms with Gasteiger partial charge in [0.2, 0.25) is 0 Å². The molecule has 4 aromatic carbocycles.